The predicted molar refractivity (Wildman–Crippen MR) is 72.2 cm³/mol. The van der Waals surface area contributed by atoms with Crippen LogP contribution in [-0.4, -0.2) is 25.5 Å². The van der Waals surface area contributed by atoms with Gasteiger partial charge in [0.25, 0.3) is 0 Å². The van der Waals surface area contributed by atoms with Crippen molar-refractivity contribution in [2.45, 2.75) is 24.8 Å². The molecule has 18 heavy (non-hydrogen) atoms. The summed E-state index contributed by atoms with van der Waals surface area (Å²) >= 11 is 0. The highest BCUT2D eigenvalue weighted by atomic mass is 35.5. The van der Waals surface area contributed by atoms with Crippen molar-refractivity contribution in [1.82, 2.24) is 0 Å². The topological polar surface area (TPSA) is 60.2 Å². The number of halogens is 2. The van der Waals surface area contributed by atoms with Gasteiger partial charge in [-0.25, -0.2) is 12.8 Å². The molecule has 0 saturated carbocycles. The van der Waals surface area contributed by atoms with Gasteiger partial charge in [-0.2, -0.15) is 0 Å². The maximum atomic E-state index is 12.8. The van der Waals surface area contributed by atoms with E-state index < -0.39 is 15.4 Å². The highest BCUT2D eigenvalue weighted by Crippen LogP contribution is 2.25. The molecule has 0 aliphatic carbocycles. The van der Waals surface area contributed by atoms with Gasteiger partial charge in [-0.1, -0.05) is 12.1 Å². The van der Waals surface area contributed by atoms with Crippen molar-refractivity contribution in [3.63, 3.8) is 0 Å². The Morgan fingerprint density at radius 2 is 1.67 bits per heavy atom. The van der Waals surface area contributed by atoms with Crippen LogP contribution in [0.1, 0.15) is 18.4 Å². The van der Waals surface area contributed by atoms with Gasteiger partial charge in [-0.3, -0.25) is 0 Å². The lowest BCUT2D eigenvalue weighted by Gasteiger charge is -2.33. The Kier molecular flexibility index (Phi) is 4.75. The van der Waals surface area contributed by atoms with Crippen LogP contribution in [0, 0.1) is 5.82 Å². The monoisotopic (exact) mass is 293 g/mol. The fourth-order valence-electron chi connectivity index (χ4n) is 2.13. The first-order valence-electron chi connectivity index (χ1n) is 5.62. The third-order valence-electron chi connectivity index (χ3n) is 3.29. The minimum Gasteiger partial charge on any atom is -0.325 e. The summed E-state index contributed by atoms with van der Waals surface area (Å²) in [5, 5.41) is 0. The molecule has 2 rings (SSSR count). The number of hydrogen-bond acceptors (Lipinski definition) is 3. The van der Waals surface area contributed by atoms with Crippen molar-refractivity contribution >= 4 is 22.2 Å². The fraction of sp³-hybridized carbons (Fsp3) is 0.500. The number of benzene rings is 1. The maximum Gasteiger partial charge on any atom is 0.150 e. The van der Waals surface area contributed by atoms with Crippen LogP contribution in [0.3, 0.4) is 0 Å². The van der Waals surface area contributed by atoms with E-state index in [-0.39, 0.29) is 29.7 Å². The Hall–Kier alpha value is -0.650. The Morgan fingerprint density at radius 1 is 1.17 bits per heavy atom. The normalized spacial score (nSPS) is 21.0. The number of nitrogens with two attached hydrogens (primary N) is 1. The number of sulfone groups is 1. The summed E-state index contributed by atoms with van der Waals surface area (Å²) in [5.74, 6) is 0.0427. The van der Waals surface area contributed by atoms with Gasteiger partial charge in [0, 0.05) is 5.54 Å². The van der Waals surface area contributed by atoms with Gasteiger partial charge in [0.2, 0.25) is 0 Å². The zero-order valence-electron chi connectivity index (χ0n) is 9.93. The van der Waals surface area contributed by atoms with E-state index in [1.807, 2.05) is 0 Å². The molecule has 0 unspecified atom stereocenters. The van der Waals surface area contributed by atoms with Gasteiger partial charge in [-0.15, -0.1) is 12.4 Å². The second-order valence-corrected chi connectivity index (χ2v) is 7.12. The Morgan fingerprint density at radius 3 is 2.17 bits per heavy atom. The predicted octanol–water partition coefficient (Wildman–Crippen LogP) is 1.70. The first-order valence-corrected chi connectivity index (χ1v) is 7.45. The molecule has 0 aromatic heterocycles. The lowest BCUT2D eigenvalue weighted by molar-refractivity contribution is 0.379. The molecule has 1 aliphatic heterocycles. The van der Waals surface area contributed by atoms with Gasteiger partial charge >= 0.3 is 0 Å². The molecule has 1 aromatic rings. The SMILES string of the molecule is Cl.NC1(Cc2ccc(F)cc2)CCS(=O)(=O)CC1. The Balaban J connectivity index is 0.00000162. The molecule has 0 bridgehead atoms. The van der Waals surface area contributed by atoms with Gasteiger partial charge in [0.1, 0.15) is 15.7 Å². The summed E-state index contributed by atoms with van der Waals surface area (Å²) in [7, 11) is -2.89. The van der Waals surface area contributed by atoms with E-state index in [4.69, 9.17) is 5.73 Å². The third kappa shape index (κ3) is 3.93. The molecule has 0 spiro atoms. The van der Waals surface area contributed by atoms with Crippen molar-refractivity contribution in [3.05, 3.63) is 35.6 Å². The molecule has 6 heteroatoms. The average molecular weight is 294 g/mol. The molecular weight excluding hydrogens is 277 g/mol. The van der Waals surface area contributed by atoms with E-state index in [9.17, 15) is 12.8 Å². The number of hydrogen-bond donors (Lipinski definition) is 1. The van der Waals surface area contributed by atoms with E-state index in [2.05, 4.69) is 0 Å². The van der Waals surface area contributed by atoms with E-state index in [1.54, 1.807) is 12.1 Å². The lowest BCUT2D eigenvalue weighted by atomic mass is 9.86. The quantitative estimate of drug-likeness (QED) is 0.903. The number of rotatable bonds is 2. The van der Waals surface area contributed by atoms with Crippen LogP contribution in [0.25, 0.3) is 0 Å². The molecule has 2 N–H and O–H groups in total. The van der Waals surface area contributed by atoms with Gasteiger partial charge in [0.15, 0.2) is 0 Å². The lowest BCUT2D eigenvalue weighted by Crippen LogP contribution is -2.48. The second kappa shape index (κ2) is 5.55. The molecule has 1 aromatic carbocycles. The van der Waals surface area contributed by atoms with Gasteiger partial charge in [-0.05, 0) is 37.0 Å². The van der Waals surface area contributed by atoms with Gasteiger partial charge in [0.05, 0.1) is 11.5 Å². The molecule has 1 aliphatic rings. The maximum absolute atomic E-state index is 12.8. The third-order valence-corrected chi connectivity index (χ3v) is 4.94. The fourth-order valence-corrected chi connectivity index (χ4v) is 3.77. The van der Waals surface area contributed by atoms with E-state index in [0.717, 1.165) is 5.56 Å². The molecule has 3 nitrogen and oxygen atoms in total. The first-order chi connectivity index (χ1) is 7.89. The smallest absolute Gasteiger partial charge is 0.150 e. The molecule has 1 fully saturated rings. The first kappa shape index (κ1) is 15.4. The second-order valence-electron chi connectivity index (χ2n) is 4.82. The summed E-state index contributed by atoms with van der Waals surface area (Å²) in [6.07, 6.45) is 1.56. The van der Waals surface area contributed by atoms with Crippen LogP contribution >= 0.6 is 12.4 Å². The van der Waals surface area contributed by atoms with Crippen LogP contribution in [-0.2, 0) is 16.3 Å². The zero-order valence-corrected chi connectivity index (χ0v) is 11.6. The summed E-state index contributed by atoms with van der Waals surface area (Å²) in [6.45, 7) is 0. The van der Waals surface area contributed by atoms with Crippen LogP contribution in [0.4, 0.5) is 4.39 Å². The summed E-state index contributed by atoms with van der Waals surface area (Å²) in [6, 6.07) is 6.20. The van der Waals surface area contributed by atoms with Crippen LogP contribution in [0.15, 0.2) is 24.3 Å². The van der Waals surface area contributed by atoms with Gasteiger partial charge < -0.3 is 5.73 Å². The Bertz CT molecular complexity index is 487. The van der Waals surface area contributed by atoms with E-state index in [0.29, 0.717) is 19.3 Å². The van der Waals surface area contributed by atoms with Crippen molar-refractivity contribution in [2.75, 3.05) is 11.5 Å². The molecular formula is C12H17ClFNO2S. The minimum atomic E-state index is -2.89. The largest absolute Gasteiger partial charge is 0.325 e. The highest BCUT2D eigenvalue weighted by Gasteiger charge is 2.33. The molecule has 1 heterocycles. The average Bonchev–Trinajstić information content (AvgIpc) is 2.27. The van der Waals surface area contributed by atoms with E-state index in [1.165, 1.54) is 12.1 Å². The minimum absolute atomic E-state index is 0. The molecule has 0 amide bonds. The zero-order chi connectivity index (χ0) is 12.5. The highest BCUT2D eigenvalue weighted by molar-refractivity contribution is 7.91. The van der Waals surface area contributed by atoms with E-state index >= 15 is 0 Å². The van der Waals surface area contributed by atoms with Crippen molar-refractivity contribution in [1.29, 1.82) is 0 Å². The molecule has 102 valence electrons. The summed E-state index contributed by atoms with van der Waals surface area (Å²) in [5.41, 5.74) is 6.68. The van der Waals surface area contributed by atoms with Crippen molar-refractivity contribution in [3.8, 4) is 0 Å². The standard InChI is InChI=1S/C12H16FNO2S.ClH/c13-11-3-1-10(2-4-11)9-12(14)5-7-17(15,16)8-6-12;/h1-4H,5-9,14H2;1H. The van der Waals surface area contributed by atoms with Crippen LogP contribution in [0.2, 0.25) is 0 Å². The summed E-state index contributed by atoms with van der Waals surface area (Å²) in [4.78, 5) is 0. The molecule has 0 atom stereocenters. The Labute approximate surface area is 113 Å². The van der Waals surface area contributed by atoms with Crippen LogP contribution in [0.5, 0.6) is 0 Å². The van der Waals surface area contributed by atoms with Crippen molar-refractivity contribution in [2.24, 2.45) is 5.73 Å². The molecule has 1 saturated heterocycles. The van der Waals surface area contributed by atoms with Crippen molar-refractivity contribution < 1.29 is 12.8 Å². The summed E-state index contributed by atoms with van der Waals surface area (Å²) < 4.78 is 35.4. The van der Waals surface area contributed by atoms with Crippen LogP contribution < -0.4 is 5.73 Å². The molecule has 0 radical (unpaired) electrons.